The summed E-state index contributed by atoms with van der Waals surface area (Å²) in [6.07, 6.45) is 1.95. The normalized spacial score (nSPS) is 12.3. The van der Waals surface area contributed by atoms with Crippen molar-refractivity contribution in [1.29, 1.82) is 0 Å². The molecule has 1 atom stereocenters. The number of aryl methyl sites for hydroxylation is 1. The fraction of sp³-hybridized carbons (Fsp3) is 0.222. The van der Waals surface area contributed by atoms with E-state index in [1.165, 1.54) is 18.0 Å². The fourth-order valence-corrected chi connectivity index (χ4v) is 3.73. The largest absolute Gasteiger partial charge is 0.470 e. The smallest absolute Gasteiger partial charge is 0.464 e. The molecule has 0 aliphatic rings. The van der Waals surface area contributed by atoms with E-state index in [0.717, 1.165) is 22.1 Å². The summed E-state index contributed by atoms with van der Waals surface area (Å²) in [7, 11) is -1.58. The predicted octanol–water partition coefficient (Wildman–Crippen LogP) is 3.01. The fourth-order valence-electron chi connectivity index (χ4n) is 2.83. The number of nitrogens with one attached hydrogen (secondary N) is 1. The Labute approximate surface area is 160 Å². The first kappa shape index (κ1) is 19.4. The minimum Gasteiger partial charge on any atom is -0.464 e. The zero-order valence-electron chi connectivity index (χ0n) is 14.7. The van der Waals surface area contributed by atoms with Gasteiger partial charge in [0.2, 0.25) is 0 Å². The summed E-state index contributed by atoms with van der Waals surface area (Å²) in [6.45, 7) is 1.80. The molecule has 3 rings (SSSR count). The van der Waals surface area contributed by atoms with E-state index >= 15 is 0 Å². The summed E-state index contributed by atoms with van der Waals surface area (Å²) >= 11 is 1.20. The maximum Gasteiger partial charge on any atom is 0.470 e. The zero-order valence-corrected chi connectivity index (χ0v) is 15.5. The number of nitro groups is 1. The number of nitro benzene ring substituents is 1. The number of fused-ring (bicyclic) bond motifs is 1. The van der Waals surface area contributed by atoms with Crippen LogP contribution in [0.2, 0.25) is 0 Å². The van der Waals surface area contributed by atoms with Gasteiger partial charge in [-0.25, -0.2) is 0 Å². The molecule has 3 N–H and O–H groups in total. The molecule has 27 heavy (non-hydrogen) atoms. The minimum atomic E-state index is -1.58. The van der Waals surface area contributed by atoms with Crippen LogP contribution in [0.15, 0.2) is 53.1 Å². The van der Waals surface area contributed by atoms with E-state index in [-0.39, 0.29) is 5.69 Å². The Kier molecular flexibility index (Phi) is 6.17. The second kappa shape index (κ2) is 8.58. The molecule has 0 saturated carbocycles. The Hall–Kier alpha value is -2.33. The predicted molar refractivity (Wildman–Crippen MR) is 106 cm³/mol. The van der Waals surface area contributed by atoms with Gasteiger partial charge in [-0.1, -0.05) is 42.3 Å². The maximum atomic E-state index is 11.2. The highest BCUT2D eigenvalue weighted by Gasteiger charge is 2.25. The Morgan fingerprint density at radius 1 is 1.26 bits per heavy atom. The van der Waals surface area contributed by atoms with Gasteiger partial charge in [-0.15, -0.1) is 0 Å². The lowest BCUT2D eigenvalue weighted by Gasteiger charge is -2.16. The number of nitrogens with zero attached hydrogens (tertiary/aromatic N) is 1. The molecule has 0 saturated heterocycles. The molecule has 3 aromatic rings. The summed E-state index contributed by atoms with van der Waals surface area (Å²) in [5.74, 6) is -0.327. The summed E-state index contributed by atoms with van der Waals surface area (Å²) in [5.41, 5.74) is 3.05. The van der Waals surface area contributed by atoms with Crippen molar-refractivity contribution in [3.63, 3.8) is 0 Å². The van der Waals surface area contributed by atoms with Crippen LogP contribution in [0.4, 0.5) is 5.69 Å². The molecular weight excluding hydrogens is 367 g/mol. The first-order valence-corrected chi connectivity index (χ1v) is 9.36. The lowest BCUT2D eigenvalue weighted by Crippen LogP contribution is -2.42. The van der Waals surface area contributed by atoms with Crippen LogP contribution in [0.5, 0.6) is 0 Å². The van der Waals surface area contributed by atoms with Gasteiger partial charge in [-0.05, 0) is 30.5 Å². The Bertz CT molecular complexity index is 946. The summed E-state index contributed by atoms with van der Waals surface area (Å²) in [6, 6.07) is 12.6. The van der Waals surface area contributed by atoms with Crippen molar-refractivity contribution in [2.24, 2.45) is 0 Å². The molecule has 140 valence electrons. The molecule has 0 bridgehead atoms. The molecule has 0 amide bonds. The lowest BCUT2D eigenvalue weighted by molar-refractivity contribution is -0.385. The number of furan rings is 1. The standard InChI is InChI=1S/C18H19BN2O5S/c1-12-6-7-13(16(8-12)21(24)25)11-27-20-18(19(22)23)9-14-10-26-17-5-3-2-4-15(14)17/h2-8,10,18,20,22-23H,9,11H2,1H3. The molecule has 1 aromatic heterocycles. The number of hydrogen-bond donors (Lipinski definition) is 3. The third-order valence-corrected chi connectivity index (χ3v) is 5.19. The monoisotopic (exact) mass is 386 g/mol. The SMILES string of the molecule is Cc1ccc(CSNC(Cc2coc3ccccc23)B(O)O)c([N+](=O)[O-])c1. The van der Waals surface area contributed by atoms with Gasteiger partial charge in [0.05, 0.1) is 17.1 Å². The van der Waals surface area contributed by atoms with Gasteiger partial charge in [0.1, 0.15) is 5.58 Å². The van der Waals surface area contributed by atoms with Gasteiger partial charge in [-0.3, -0.25) is 14.8 Å². The maximum absolute atomic E-state index is 11.2. The first-order valence-electron chi connectivity index (χ1n) is 8.38. The van der Waals surface area contributed by atoms with Crippen molar-refractivity contribution in [2.45, 2.75) is 25.0 Å². The first-order chi connectivity index (χ1) is 13.0. The number of para-hydroxylation sites is 1. The van der Waals surface area contributed by atoms with Crippen LogP contribution < -0.4 is 4.72 Å². The van der Waals surface area contributed by atoms with Crippen molar-refractivity contribution >= 4 is 35.7 Å². The molecule has 1 unspecified atom stereocenters. The van der Waals surface area contributed by atoms with Crippen LogP contribution in [-0.2, 0) is 12.2 Å². The van der Waals surface area contributed by atoms with Crippen molar-refractivity contribution < 1.29 is 19.4 Å². The van der Waals surface area contributed by atoms with Gasteiger partial charge in [0.25, 0.3) is 5.69 Å². The van der Waals surface area contributed by atoms with Crippen LogP contribution in [0.25, 0.3) is 11.0 Å². The highest BCUT2D eigenvalue weighted by atomic mass is 32.2. The van der Waals surface area contributed by atoms with Crippen LogP contribution in [-0.4, -0.2) is 28.0 Å². The number of benzene rings is 2. The van der Waals surface area contributed by atoms with Crippen LogP contribution in [0, 0.1) is 17.0 Å². The van der Waals surface area contributed by atoms with E-state index in [2.05, 4.69) is 4.72 Å². The second-order valence-electron chi connectivity index (χ2n) is 6.28. The van der Waals surface area contributed by atoms with Crippen molar-refractivity contribution in [2.75, 3.05) is 0 Å². The molecule has 9 heteroatoms. The number of hydrogen-bond acceptors (Lipinski definition) is 7. The average molecular weight is 386 g/mol. The van der Waals surface area contributed by atoms with E-state index in [1.54, 1.807) is 19.3 Å². The molecule has 2 aromatic carbocycles. The molecule has 0 fully saturated rings. The molecule has 0 aliphatic carbocycles. The minimum absolute atomic E-state index is 0.0613. The van der Waals surface area contributed by atoms with E-state index in [4.69, 9.17) is 4.42 Å². The third kappa shape index (κ3) is 4.69. The van der Waals surface area contributed by atoms with Crippen LogP contribution in [0.1, 0.15) is 16.7 Å². The van der Waals surface area contributed by atoms with Crippen molar-refractivity contribution in [3.05, 3.63) is 75.5 Å². The highest BCUT2D eigenvalue weighted by Crippen LogP contribution is 2.25. The Balaban J connectivity index is 1.67. The Morgan fingerprint density at radius 3 is 2.78 bits per heavy atom. The number of rotatable bonds is 8. The van der Waals surface area contributed by atoms with Gasteiger partial charge < -0.3 is 14.5 Å². The molecule has 0 radical (unpaired) electrons. The van der Waals surface area contributed by atoms with Gasteiger partial charge in [-0.2, -0.15) is 0 Å². The summed E-state index contributed by atoms with van der Waals surface area (Å²) in [5, 5.41) is 31.5. The van der Waals surface area contributed by atoms with Gasteiger partial charge in [0, 0.05) is 22.8 Å². The summed E-state index contributed by atoms with van der Waals surface area (Å²) < 4.78 is 8.49. The quantitative estimate of drug-likeness (QED) is 0.236. The van der Waals surface area contributed by atoms with Gasteiger partial charge >= 0.3 is 7.12 Å². The van der Waals surface area contributed by atoms with Crippen molar-refractivity contribution in [3.8, 4) is 0 Å². The Morgan fingerprint density at radius 2 is 2.04 bits per heavy atom. The zero-order chi connectivity index (χ0) is 19.4. The van der Waals surface area contributed by atoms with E-state index in [0.29, 0.717) is 17.7 Å². The topological polar surface area (TPSA) is 109 Å². The summed E-state index contributed by atoms with van der Waals surface area (Å²) in [4.78, 5) is 10.8. The molecule has 0 spiro atoms. The highest BCUT2D eigenvalue weighted by molar-refractivity contribution is 7.96. The van der Waals surface area contributed by atoms with E-state index < -0.39 is 18.0 Å². The molecule has 1 heterocycles. The van der Waals surface area contributed by atoms with E-state index in [9.17, 15) is 20.2 Å². The van der Waals surface area contributed by atoms with Gasteiger partial charge in [0.15, 0.2) is 0 Å². The third-order valence-electron chi connectivity index (χ3n) is 4.26. The molecule has 7 nitrogen and oxygen atoms in total. The van der Waals surface area contributed by atoms with Crippen molar-refractivity contribution in [1.82, 2.24) is 4.72 Å². The lowest BCUT2D eigenvalue weighted by atomic mass is 9.77. The molecule has 0 aliphatic heterocycles. The second-order valence-corrected chi connectivity index (χ2v) is 7.09. The van der Waals surface area contributed by atoms with E-state index in [1.807, 2.05) is 30.3 Å². The molecular formula is C18H19BN2O5S. The van der Waals surface area contributed by atoms with Crippen LogP contribution >= 0.6 is 11.9 Å². The average Bonchev–Trinajstić information content (AvgIpc) is 3.04. The van der Waals surface area contributed by atoms with Crippen LogP contribution in [0.3, 0.4) is 0 Å².